The standard InChI is InChI=1S/C22H25N7O/c1-28-12-14-29(15-13-28)16-21(30)25-17-5-7-18(8-6-17)26-22-24-11-9-20(27-22)19-4-2-3-10-23-19/h2-11H,12-16H2,1H3,(H,25,30)(H,24,26,27). The van der Waals surface area contributed by atoms with Gasteiger partial charge in [-0.25, -0.2) is 9.97 Å². The molecule has 0 atom stereocenters. The van der Waals surface area contributed by atoms with Crippen LogP contribution >= 0.6 is 0 Å². The van der Waals surface area contributed by atoms with Crippen LogP contribution in [0.5, 0.6) is 0 Å². The van der Waals surface area contributed by atoms with E-state index in [-0.39, 0.29) is 5.91 Å². The lowest BCUT2D eigenvalue weighted by molar-refractivity contribution is -0.117. The summed E-state index contributed by atoms with van der Waals surface area (Å²) < 4.78 is 0. The third kappa shape index (κ3) is 5.37. The van der Waals surface area contributed by atoms with Gasteiger partial charge in [-0.3, -0.25) is 14.7 Å². The second-order valence-electron chi connectivity index (χ2n) is 7.31. The number of nitrogens with zero attached hydrogens (tertiary/aromatic N) is 5. The molecule has 1 aliphatic heterocycles. The number of likely N-dealkylation sites (N-methyl/N-ethyl adjacent to an activating group) is 1. The van der Waals surface area contributed by atoms with Crippen molar-refractivity contribution in [3.8, 4) is 11.4 Å². The van der Waals surface area contributed by atoms with Gasteiger partial charge in [-0.15, -0.1) is 0 Å². The minimum Gasteiger partial charge on any atom is -0.325 e. The molecule has 154 valence electrons. The molecule has 1 amide bonds. The maximum absolute atomic E-state index is 12.3. The molecule has 0 spiro atoms. The lowest BCUT2D eigenvalue weighted by Gasteiger charge is -2.31. The summed E-state index contributed by atoms with van der Waals surface area (Å²) in [4.78, 5) is 29.9. The minimum absolute atomic E-state index is 0.00616. The van der Waals surface area contributed by atoms with Gasteiger partial charge in [0.05, 0.1) is 17.9 Å². The first kappa shape index (κ1) is 19.9. The number of benzene rings is 1. The highest BCUT2D eigenvalue weighted by atomic mass is 16.2. The number of hydrogen-bond acceptors (Lipinski definition) is 7. The topological polar surface area (TPSA) is 86.3 Å². The summed E-state index contributed by atoms with van der Waals surface area (Å²) in [5.74, 6) is 0.497. The molecule has 0 saturated carbocycles. The molecule has 2 N–H and O–H groups in total. The van der Waals surface area contributed by atoms with Gasteiger partial charge in [-0.1, -0.05) is 6.07 Å². The van der Waals surface area contributed by atoms with Crippen LogP contribution in [-0.2, 0) is 4.79 Å². The third-order valence-corrected chi connectivity index (χ3v) is 4.97. The molecular formula is C22H25N7O. The zero-order valence-corrected chi connectivity index (χ0v) is 17.0. The molecule has 30 heavy (non-hydrogen) atoms. The Morgan fingerprint density at radius 2 is 1.67 bits per heavy atom. The minimum atomic E-state index is 0.00616. The van der Waals surface area contributed by atoms with Crippen LogP contribution in [-0.4, -0.2) is 70.4 Å². The molecule has 0 aliphatic carbocycles. The van der Waals surface area contributed by atoms with Crippen LogP contribution in [0.4, 0.5) is 17.3 Å². The summed E-state index contributed by atoms with van der Waals surface area (Å²) in [6.07, 6.45) is 3.44. The van der Waals surface area contributed by atoms with Gasteiger partial charge in [0.15, 0.2) is 0 Å². The Kier molecular flexibility index (Phi) is 6.26. The van der Waals surface area contributed by atoms with Crippen LogP contribution in [0.3, 0.4) is 0 Å². The van der Waals surface area contributed by atoms with Gasteiger partial charge in [-0.2, -0.15) is 0 Å². The zero-order chi connectivity index (χ0) is 20.8. The van der Waals surface area contributed by atoms with Gasteiger partial charge in [0.2, 0.25) is 11.9 Å². The van der Waals surface area contributed by atoms with Crippen LogP contribution in [0.2, 0.25) is 0 Å². The molecular weight excluding hydrogens is 378 g/mol. The normalized spacial score (nSPS) is 15.0. The van der Waals surface area contributed by atoms with E-state index in [1.807, 2.05) is 48.5 Å². The number of nitrogens with one attached hydrogen (secondary N) is 2. The summed E-state index contributed by atoms with van der Waals surface area (Å²) in [6, 6.07) is 15.0. The summed E-state index contributed by atoms with van der Waals surface area (Å²) in [5, 5.41) is 6.15. The Balaban J connectivity index is 1.33. The SMILES string of the molecule is CN1CCN(CC(=O)Nc2ccc(Nc3nccc(-c4ccccn4)n3)cc2)CC1. The molecule has 8 heteroatoms. The van der Waals surface area contributed by atoms with Gasteiger partial charge in [0.1, 0.15) is 0 Å². The summed E-state index contributed by atoms with van der Waals surface area (Å²) in [6.45, 7) is 4.26. The number of hydrogen-bond donors (Lipinski definition) is 2. The van der Waals surface area contributed by atoms with E-state index in [0.29, 0.717) is 12.5 Å². The first-order valence-electron chi connectivity index (χ1n) is 9.98. The molecule has 0 radical (unpaired) electrons. The number of rotatable bonds is 6. The van der Waals surface area contributed by atoms with Gasteiger partial charge < -0.3 is 15.5 Å². The Morgan fingerprint density at radius 1 is 0.900 bits per heavy atom. The third-order valence-electron chi connectivity index (χ3n) is 4.97. The van der Waals surface area contributed by atoms with Crippen molar-refractivity contribution in [1.29, 1.82) is 0 Å². The van der Waals surface area contributed by atoms with Crippen LogP contribution < -0.4 is 10.6 Å². The molecule has 1 aromatic carbocycles. The van der Waals surface area contributed by atoms with E-state index in [4.69, 9.17) is 0 Å². The number of carbonyl (C=O) groups is 1. The molecule has 1 aliphatic rings. The molecule has 8 nitrogen and oxygen atoms in total. The number of pyridine rings is 1. The number of carbonyl (C=O) groups excluding carboxylic acids is 1. The predicted molar refractivity (Wildman–Crippen MR) is 118 cm³/mol. The van der Waals surface area contributed by atoms with E-state index in [1.54, 1.807) is 12.4 Å². The molecule has 1 fully saturated rings. The van der Waals surface area contributed by atoms with Crippen LogP contribution in [0.1, 0.15) is 0 Å². The van der Waals surface area contributed by atoms with Crippen LogP contribution in [0.25, 0.3) is 11.4 Å². The average Bonchev–Trinajstić information content (AvgIpc) is 2.77. The fraction of sp³-hybridized carbons (Fsp3) is 0.273. The van der Waals surface area contributed by atoms with E-state index in [9.17, 15) is 4.79 Å². The number of aromatic nitrogens is 3. The quantitative estimate of drug-likeness (QED) is 0.654. The largest absolute Gasteiger partial charge is 0.325 e. The predicted octanol–water partition coefficient (Wildman–Crippen LogP) is 2.47. The fourth-order valence-corrected chi connectivity index (χ4v) is 3.25. The number of piperazine rings is 1. The molecule has 0 unspecified atom stereocenters. The van der Waals surface area contributed by atoms with Crippen molar-refractivity contribution in [3.05, 3.63) is 60.9 Å². The van der Waals surface area contributed by atoms with E-state index in [0.717, 1.165) is 48.9 Å². The number of amides is 1. The maximum Gasteiger partial charge on any atom is 0.238 e. The highest BCUT2D eigenvalue weighted by Gasteiger charge is 2.16. The maximum atomic E-state index is 12.3. The van der Waals surface area contributed by atoms with Gasteiger partial charge in [0.25, 0.3) is 0 Å². The lowest BCUT2D eigenvalue weighted by atomic mass is 10.2. The van der Waals surface area contributed by atoms with Crippen molar-refractivity contribution in [2.24, 2.45) is 0 Å². The zero-order valence-electron chi connectivity index (χ0n) is 17.0. The van der Waals surface area contributed by atoms with E-state index in [2.05, 4.69) is 42.4 Å². The van der Waals surface area contributed by atoms with Crippen molar-refractivity contribution in [2.75, 3.05) is 50.4 Å². The van der Waals surface area contributed by atoms with Crippen LogP contribution in [0, 0.1) is 0 Å². The van der Waals surface area contributed by atoms with E-state index >= 15 is 0 Å². The van der Waals surface area contributed by atoms with Crippen molar-refractivity contribution in [1.82, 2.24) is 24.8 Å². The number of anilines is 3. The van der Waals surface area contributed by atoms with Gasteiger partial charge in [-0.05, 0) is 49.5 Å². The van der Waals surface area contributed by atoms with E-state index in [1.165, 1.54) is 0 Å². The van der Waals surface area contributed by atoms with Crippen molar-refractivity contribution < 1.29 is 4.79 Å². The highest BCUT2D eigenvalue weighted by Crippen LogP contribution is 2.19. The first-order valence-corrected chi connectivity index (χ1v) is 9.98. The smallest absolute Gasteiger partial charge is 0.238 e. The fourth-order valence-electron chi connectivity index (χ4n) is 3.25. The first-order chi connectivity index (χ1) is 14.7. The van der Waals surface area contributed by atoms with Crippen molar-refractivity contribution in [3.63, 3.8) is 0 Å². The van der Waals surface area contributed by atoms with Gasteiger partial charge in [0, 0.05) is 49.9 Å². The molecule has 1 saturated heterocycles. The average molecular weight is 403 g/mol. The molecule has 3 aromatic rings. The van der Waals surface area contributed by atoms with Crippen molar-refractivity contribution >= 4 is 23.2 Å². The Labute approximate surface area is 176 Å². The Morgan fingerprint density at radius 3 is 2.40 bits per heavy atom. The summed E-state index contributed by atoms with van der Waals surface area (Å²) in [5.41, 5.74) is 3.15. The second-order valence-corrected chi connectivity index (χ2v) is 7.31. The Bertz CT molecular complexity index is 970. The molecule has 0 bridgehead atoms. The summed E-state index contributed by atoms with van der Waals surface area (Å²) >= 11 is 0. The summed E-state index contributed by atoms with van der Waals surface area (Å²) in [7, 11) is 2.10. The monoisotopic (exact) mass is 403 g/mol. The lowest BCUT2D eigenvalue weighted by Crippen LogP contribution is -2.47. The van der Waals surface area contributed by atoms with Crippen molar-refractivity contribution in [2.45, 2.75) is 0 Å². The Hall–Kier alpha value is -3.36. The second kappa shape index (κ2) is 9.43. The van der Waals surface area contributed by atoms with E-state index < -0.39 is 0 Å². The van der Waals surface area contributed by atoms with Gasteiger partial charge >= 0.3 is 0 Å². The molecule has 3 heterocycles. The molecule has 2 aromatic heterocycles. The molecule has 4 rings (SSSR count). The highest BCUT2D eigenvalue weighted by molar-refractivity contribution is 5.92. The van der Waals surface area contributed by atoms with Crippen LogP contribution in [0.15, 0.2) is 60.9 Å².